The molecule has 0 aromatic heterocycles. The Morgan fingerprint density at radius 1 is 0.821 bits per heavy atom. The van der Waals surface area contributed by atoms with Crippen molar-refractivity contribution in [3.8, 4) is 11.1 Å². The van der Waals surface area contributed by atoms with Gasteiger partial charge in [-0.3, -0.25) is 0 Å². The van der Waals surface area contributed by atoms with Crippen LogP contribution in [0.3, 0.4) is 0 Å². The summed E-state index contributed by atoms with van der Waals surface area (Å²) >= 11 is 0. The Kier molecular flexibility index (Phi) is 8.62. The molecule has 28 heavy (non-hydrogen) atoms. The van der Waals surface area contributed by atoms with E-state index in [-0.39, 0.29) is 5.60 Å². The average Bonchev–Trinajstić information content (AvgIpc) is 2.69. The molecule has 0 spiro atoms. The first-order chi connectivity index (χ1) is 13.4. The van der Waals surface area contributed by atoms with Gasteiger partial charge in [0.05, 0.1) is 5.60 Å². The van der Waals surface area contributed by atoms with E-state index in [1.807, 2.05) is 12.1 Å². The third-order valence-corrected chi connectivity index (χ3v) is 5.78. The molecule has 0 amide bonds. The molecule has 2 aromatic rings. The molecule has 0 aliphatic carbocycles. The SMILES string of the molecule is CCCCCCCCC(c1ccc(-c2ccc(F)c(F)c2)cc1)C(C)(C)OC. The lowest BCUT2D eigenvalue weighted by molar-refractivity contribution is -0.00449. The van der Waals surface area contributed by atoms with Gasteiger partial charge in [0.25, 0.3) is 0 Å². The van der Waals surface area contributed by atoms with Gasteiger partial charge < -0.3 is 4.74 Å². The van der Waals surface area contributed by atoms with E-state index in [1.165, 1.54) is 56.2 Å². The molecule has 2 aromatic carbocycles. The van der Waals surface area contributed by atoms with Crippen LogP contribution in [0, 0.1) is 11.6 Å². The Bertz CT molecular complexity index is 722. The van der Waals surface area contributed by atoms with Gasteiger partial charge in [-0.1, -0.05) is 75.8 Å². The molecule has 1 nitrogen and oxygen atoms in total. The summed E-state index contributed by atoms with van der Waals surface area (Å²) in [4.78, 5) is 0. The molecular formula is C25H34F2O. The molecule has 0 saturated carbocycles. The Morgan fingerprint density at radius 3 is 2.04 bits per heavy atom. The summed E-state index contributed by atoms with van der Waals surface area (Å²) in [5.74, 6) is -1.34. The van der Waals surface area contributed by atoms with Crippen molar-refractivity contribution in [3.05, 3.63) is 59.7 Å². The van der Waals surface area contributed by atoms with Crippen LogP contribution in [-0.2, 0) is 4.74 Å². The average molecular weight is 389 g/mol. The van der Waals surface area contributed by atoms with Gasteiger partial charge in [0.15, 0.2) is 11.6 Å². The Balaban J connectivity index is 2.11. The second-order valence-corrected chi connectivity index (χ2v) is 8.17. The normalized spacial score (nSPS) is 12.9. The number of hydrogen-bond acceptors (Lipinski definition) is 1. The fourth-order valence-electron chi connectivity index (χ4n) is 3.77. The standard InChI is InChI=1S/C25H34F2O/c1-5-6-7-8-9-10-11-22(25(2,3)28-4)20-14-12-19(13-15-20)21-16-17-23(26)24(27)18-21/h12-18,22H,5-11H2,1-4H3. The zero-order valence-electron chi connectivity index (χ0n) is 17.7. The summed E-state index contributed by atoms with van der Waals surface area (Å²) in [6.07, 6.45) is 8.72. The summed E-state index contributed by atoms with van der Waals surface area (Å²) in [5.41, 5.74) is 2.54. The molecule has 0 N–H and O–H groups in total. The van der Waals surface area contributed by atoms with E-state index in [0.29, 0.717) is 11.5 Å². The van der Waals surface area contributed by atoms with E-state index in [2.05, 4.69) is 32.9 Å². The van der Waals surface area contributed by atoms with Crippen molar-refractivity contribution < 1.29 is 13.5 Å². The zero-order valence-corrected chi connectivity index (χ0v) is 17.7. The van der Waals surface area contributed by atoms with E-state index in [4.69, 9.17) is 4.74 Å². The highest BCUT2D eigenvalue weighted by Gasteiger charge is 2.30. The van der Waals surface area contributed by atoms with Crippen molar-refractivity contribution in [3.63, 3.8) is 0 Å². The van der Waals surface area contributed by atoms with Gasteiger partial charge in [0.2, 0.25) is 0 Å². The maximum atomic E-state index is 13.5. The third kappa shape index (κ3) is 6.13. The highest BCUT2D eigenvalue weighted by atomic mass is 19.2. The fourth-order valence-corrected chi connectivity index (χ4v) is 3.77. The number of unbranched alkanes of at least 4 members (excludes halogenated alkanes) is 5. The van der Waals surface area contributed by atoms with Crippen LogP contribution in [0.4, 0.5) is 8.78 Å². The molecule has 0 fully saturated rings. The number of methoxy groups -OCH3 is 1. The zero-order chi connectivity index (χ0) is 20.6. The van der Waals surface area contributed by atoms with Crippen molar-refractivity contribution in [2.45, 2.75) is 77.2 Å². The highest BCUT2D eigenvalue weighted by molar-refractivity contribution is 5.63. The molecule has 1 unspecified atom stereocenters. The molecule has 0 aliphatic heterocycles. The van der Waals surface area contributed by atoms with Gasteiger partial charge in [0.1, 0.15) is 0 Å². The van der Waals surface area contributed by atoms with Crippen molar-refractivity contribution in [2.24, 2.45) is 0 Å². The van der Waals surface area contributed by atoms with Gasteiger partial charge in [-0.05, 0) is 49.1 Å². The highest BCUT2D eigenvalue weighted by Crippen LogP contribution is 2.36. The van der Waals surface area contributed by atoms with Gasteiger partial charge in [0, 0.05) is 13.0 Å². The predicted octanol–water partition coefficient (Wildman–Crippen LogP) is 7.89. The summed E-state index contributed by atoms with van der Waals surface area (Å²) in [6.45, 7) is 6.51. The first kappa shape index (κ1) is 22.5. The predicted molar refractivity (Wildman–Crippen MR) is 114 cm³/mol. The van der Waals surface area contributed by atoms with Crippen molar-refractivity contribution in [1.29, 1.82) is 0 Å². The van der Waals surface area contributed by atoms with Crippen LogP contribution >= 0.6 is 0 Å². The van der Waals surface area contributed by atoms with E-state index in [1.54, 1.807) is 13.2 Å². The lowest BCUT2D eigenvalue weighted by Crippen LogP contribution is -2.31. The Labute approximate surface area is 169 Å². The quantitative estimate of drug-likeness (QED) is 0.356. The van der Waals surface area contributed by atoms with Crippen LogP contribution in [0.2, 0.25) is 0 Å². The van der Waals surface area contributed by atoms with E-state index < -0.39 is 11.6 Å². The minimum absolute atomic E-state index is 0.257. The van der Waals surface area contributed by atoms with Crippen LogP contribution < -0.4 is 0 Å². The van der Waals surface area contributed by atoms with E-state index in [0.717, 1.165) is 12.0 Å². The molecule has 2 rings (SSSR count). The molecule has 1 atom stereocenters. The molecule has 3 heteroatoms. The summed E-state index contributed by atoms with van der Waals surface area (Å²) in [7, 11) is 1.77. The number of benzene rings is 2. The Morgan fingerprint density at radius 2 is 1.43 bits per heavy atom. The second kappa shape index (κ2) is 10.7. The molecule has 0 aliphatic rings. The van der Waals surface area contributed by atoms with E-state index in [9.17, 15) is 8.78 Å². The molecule has 0 heterocycles. The largest absolute Gasteiger partial charge is 0.378 e. The molecule has 154 valence electrons. The molecule has 0 saturated heterocycles. The number of ether oxygens (including phenoxy) is 1. The lowest BCUT2D eigenvalue weighted by atomic mass is 9.80. The Hall–Kier alpha value is -1.74. The topological polar surface area (TPSA) is 9.23 Å². The molecule has 0 bridgehead atoms. The number of rotatable bonds is 11. The minimum atomic E-state index is -0.818. The summed E-state index contributed by atoms with van der Waals surface area (Å²) in [5, 5.41) is 0. The van der Waals surface area contributed by atoms with Crippen LogP contribution in [0.1, 0.15) is 77.2 Å². The van der Waals surface area contributed by atoms with Gasteiger partial charge in [-0.2, -0.15) is 0 Å². The van der Waals surface area contributed by atoms with Crippen LogP contribution in [0.5, 0.6) is 0 Å². The second-order valence-electron chi connectivity index (χ2n) is 8.17. The minimum Gasteiger partial charge on any atom is -0.378 e. The fraction of sp³-hybridized carbons (Fsp3) is 0.520. The van der Waals surface area contributed by atoms with Crippen molar-refractivity contribution >= 4 is 0 Å². The number of halogens is 2. The first-order valence-electron chi connectivity index (χ1n) is 10.5. The smallest absolute Gasteiger partial charge is 0.159 e. The van der Waals surface area contributed by atoms with Crippen molar-refractivity contribution in [2.75, 3.05) is 7.11 Å². The van der Waals surface area contributed by atoms with Gasteiger partial charge >= 0.3 is 0 Å². The molecule has 0 radical (unpaired) electrons. The monoisotopic (exact) mass is 388 g/mol. The van der Waals surface area contributed by atoms with Crippen LogP contribution in [0.15, 0.2) is 42.5 Å². The lowest BCUT2D eigenvalue weighted by Gasteiger charge is -2.34. The van der Waals surface area contributed by atoms with Crippen LogP contribution in [-0.4, -0.2) is 12.7 Å². The number of hydrogen-bond donors (Lipinski definition) is 0. The summed E-state index contributed by atoms with van der Waals surface area (Å²) < 4.78 is 32.5. The van der Waals surface area contributed by atoms with Gasteiger partial charge in [-0.25, -0.2) is 8.78 Å². The first-order valence-corrected chi connectivity index (χ1v) is 10.5. The van der Waals surface area contributed by atoms with Gasteiger partial charge in [-0.15, -0.1) is 0 Å². The summed E-state index contributed by atoms with van der Waals surface area (Å²) in [6, 6.07) is 12.2. The maximum absolute atomic E-state index is 13.5. The van der Waals surface area contributed by atoms with Crippen LogP contribution in [0.25, 0.3) is 11.1 Å². The van der Waals surface area contributed by atoms with Crippen molar-refractivity contribution in [1.82, 2.24) is 0 Å². The molecular weight excluding hydrogens is 354 g/mol. The third-order valence-electron chi connectivity index (χ3n) is 5.78. The maximum Gasteiger partial charge on any atom is 0.159 e. The van der Waals surface area contributed by atoms with E-state index >= 15 is 0 Å².